The average Bonchev–Trinajstić information content (AvgIpc) is 2.29. The Morgan fingerprint density at radius 2 is 1.53 bits per heavy atom. The van der Waals surface area contributed by atoms with Gasteiger partial charge < -0.3 is 4.74 Å². The molecule has 0 bridgehead atoms. The fourth-order valence-electron chi connectivity index (χ4n) is 1.95. The van der Waals surface area contributed by atoms with E-state index in [1.165, 1.54) is 16.7 Å². The Bertz CT molecular complexity index is 454. The van der Waals surface area contributed by atoms with E-state index in [0.29, 0.717) is 0 Å². The van der Waals surface area contributed by atoms with Crippen molar-refractivity contribution in [1.29, 1.82) is 0 Å². The lowest BCUT2D eigenvalue weighted by Gasteiger charge is -2.08. The smallest absolute Gasteiger partial charge is 0.119 e. The largest absolute Gasteiger partial charge is 0.493 e. The SMILES string of the molecule is Cc1cc(C)cc(OCCc2ccccc2)c1. The molecule has 2 rings (SSSR count). The third-order valence-electron chi connectivity index (χ3n) is 2.70. The molecule has 2 aromatic carbocycles. The van der Waals surface area contributed by atoms with Gasteiger partial charge in [-0.05, 0) is 42.7 Å². The van der Waals surface area contributed by atoms with Crippen LogP contribution in [0.25, 0.3) is 0 Å². The summed E-state index contributed by atoms with van der Waals surface area (Å²) in [5.74, 6) is 0.971. The van der Waals surface area contributed by atoms with Gasteiger partial charge in [-0.1, -0.05) is 36.4 Å². The molecule has 0 saturated heterocycles. The third-order valence-corrected chi connectivity index (χ3v) is 2.70. The van der Waals surface area contributed by atoms with Crippen LogP contribution in [0.5, 0.6) is 5.75 Å². The average molecular weight is 226 g/mol. The first-order chi connectivity index (χ1) is 8.24. The molecule has 0 spiro atoms. The summed E-state index contributed by atoms with van der Waals surface area (Å²) in [5.41, 5.74) is 3.82. The third kappa shape index (κ3) is 3.63. The Morgan fingerprint density at radius 1 is 0.882 bits per heavy atom. The highest BCUT2D eigenvalue weighted by Crippen LogP contribution is 2.16. The van der Waals surface area contributed by atoms with Crippen LogP contribution in [0.15, 0.2) is 48.5 Å². The van der Waals surface area contributed by atoms with Gasteiger partial charge in [0.15, 0.2) is 0 Å². The quantitative estimate of drug-likeness (QED) is 0.767. The fraction of sp³-hybridized carbons (Fsp3) is 0.250. The highest BCUT2D eigenvalue weighted by molar-refractivity contribution is 5.33. The van der Waals surface area contributed by atoms with E-state index >= 15 is 0 Å². The minimum atomic E-state index is 0.729. The van der Waals surface area contributed by atoms with E-state index in [2.05, 4.69) is 56.3 Å². The maximum atomic E-state index is 5.77. The molecule has 0 aliphatic heterocycles. The molecule has 0 atom stereocenters. The van der Waals surface area contributed by atoms with E-state index < -0.39 is 0 Å². The summed E-state index contributed by atoms with van der Waals surface area (Å²) >= 11 is 0. The van der Waals surface area contributed by atoms with E-state index in [9.17, 15) is 0 Å². The maximum Gasteiger partial charge on any atom is 0.119 e. The lowest BCUT2D eigenvalue weighted by Crippen LogP contribution is -2.01. The standard InChI is InChI=1S/C16H18O/c1-13-10-14(2)12-16(11-13)17-9-8-15-6-4-3-5-7-15/h3-7,10-12H,8-9H2,1-2H3. The number of benzene rings is 2. The van der Waals surface area contributed by atoms with Gasteiger partial charge in [-0.3, -0.25) is 0 Å². The van der Waals surface area contributed by atoms with Crippen LogP contribution in [0.4, 0.5) is 0 Å². The van der Waals surface area contributed by atoms with Crippen LogP contribution in [0.1, 0.15) is 16.7 Å². The number of aryl methyl sites for hydroxylation is 2. The molecule has 0 aliphatic rings. The molecule has 17 heavy (non-hydrogen) atoms. The Balaban J connectivity index is 1.90. The first kappa shape index (κ1) is 11.7. The van der Waals surface area contributed by atoms with Crippen LogP contribution in [-0.4, -0.2) is 6.61 Å². The molecule has 0 fully saturated rings. The molecule has 0 radical (unpaired) electrons. The second-order valence-electron chi connectivity index (χ2n) is 4.41. The van der Waals surface area contributed by atoms with Gasteiger partial charge in [0.05, 0.1) is 6.61 Å². The van der Waals surface area contributed by atoms with E-state index in [4.69, 9.17) is 4.74 Å². The van der Waals surface area contributed by atoms with Gasteiger partial charge in [0.25, 0.3) is 0 Å². The van der Waals surface area contributed by atoms with Gasteiger partial charge in [-0.2, -0.15) is 0 Å². The molecule has 0 N–H and O–H groups in total. The van der Waals surface area contributed by atoms with Gasteiger partial charge >= 0.3 is 0 Å². The van der Waals surface area contributed by atoms with Gasteiger partial charge in [-0.15, -0.1) is 0 Å². The predicted molar refractivity (Wildman–Crippen MR) is 71.6 cm³/mol. The number of hydrogen-bond donors (Lipinski definition) is 0. The Hall–Kier alpha value is -1.76. The second-order valence-corrected chi connectivity index (χ2v) is 4.41. The van der Waals surface area contributed by atoms with Gasteiger partial charge in [0.1, 0.15) is 5.75 Å². The van der Waals surface area contributed by atoms with Crippen LogP contribution in [0, 0.1) is 13.8 Å². The lowest BCUT2D eigenvalue weighted by molar-refractivity contribution is 0.321. The van der Waals surface area contributed by atoms with E-state index in [0.717, 1.165) is 18.8 Å². The highest BCUT2D eigenvalue weighted by atomic mass is 16.5. The molecule has 0 aliphatic carbocycles. The van der Waals surface area contributed by atoms with Crippen molar-refractivity contribution in [2.24, 2.45) is 0 Å². The number of rotatable bonds is 4. The van der Waals surface area contributed by atoms with Crippen molar-refractivity contribution in [2.75, 3.05) is 6.61 Å². The summed E-state index contributed by atoms with van der Waals surface area (Å²) in [6, 6.07) is 16.7. The Morgan fingerprint density at radius 3 is 2.18 bits per heavy atom. The zero-order valence-electron chi connectivity index (χ0n) is 10.4. The van der Waals surface area contributed by atoms with E-state index in [1.807, 2.05) is 6.07 Å². The zero-order chi connectivity index (χ0) is 12.1. The molecule has 0 unspecified atom stereocenters. The summed E-state index contributed by atoms with van der Waals surface area (Å²) in [4.78, 5) is 0. The molecule has 1 nitrogen and oxygen atoms in total. The molecule has 2 aromatic rings. The van der Waals surface area contributed by atoms with Gasteiger partial charge in [0.2, 0.25) is 0 Å². The molecule has 1 heteroatoms. The summed E-state index contributed by atoms with van der Waals surface area (Å²) in [7, 11) is 0. The van der Waals surface area contributed by atoms with Crippen LogP contribution in [0.2, 0.25) is 0 Å². The molecule has 88 valence electrons. The Labute approximate surface area is 103 Å². The van der Waals surface area contributed by atoms with Crippen LogP contribution in [-0.2, 0) is 6.42 Å². The van der Waals surface area contributed by atoms with Crippen molar-refractivity contribution in [2.45, 2.75) is 20.3 Å². The molecular formula is C16H18O. The normalized spacial score (nSPS) is 10.2. The fourth-order valence-corrected chi connectivity index (χ4v) is 1.95. The monoisotopic (exact) mass is 226 g/mol. The summed E-state index contributed by atoms with van der Waals surface area (Å²) in [6.07, 6.45) is 0.952. The predicted octanol–water partition coefficient (Wildman–Crippen LogP) is 3.92. The summed E-state index contributed by atoms with van der Waals surface area (Å²) in [6.45, 7) is 4.92. The molecule has 0 heterocycles. The van der Waals surface area contributed by atoms with E-state index in [1.54, 1.807) is 0 Å². The first-order valence-corrected chi connectivity index (χ1v) is 5.99. The Kier molecular flexibility index (Phi) is 3.81. The van der Waals surface area contributed by atoms with Crippen molar-refractivity contribution >= 4 is 0 Å². The van der Waals surface area contributed by atoms with Gasteiger partial charge in [-0.25, -0.2) is 0 Å². The number of hydrogen-bond acceptors (Lipinski definition) is 1. The topological polar surface area (TPSA) is 9.23 Å². The molecule has 0 aromatic heterocycles. The molecule has 0 saturated carbocycles. The van der Waals surface area contributed by atoms with Crippen LogP contribution >= 0.6 is 0 Å². The summed E-state index contributed by atoms with van der Waals surface area (Å²) < 4.78 is 5.77. The van der Waals surface area contributed by atoms with Crippen LogP contribution in [0.3, 0.4) is 0 Å². The second kappa shape index (κ2) is 5.53. The van der Waals surface area contributed by atoms with Gasteiger partial charge in [0, 0.05) is 6.42 Å². The van der Waals surface area contributed by atoms with Crippen molar-refractivity contribution < 1.29 is 4.74 Å². The minimum absolute atomic E-state index is 0.729. The first-order valence-electron chi connectivity index (χ1n) is 5.99. The van der Waals surface area contributed by atoms with E-state index in [-0.39, 0.29) is 0 Å². The lowest BCUT2D eigenvalue weighted by atomic mass is 10.1. The number of ether oxygens (including phenoxy) is 1. The maximum absolute atomic E-state index is 5.77. The van der Waals surface area contributed by atoms with Crippen molar-refractivity contribution in [1.82, 2.24) is 0 Å². The van der Waals surface area contributed by atoms with Crippen LogP contribution < -0.4 is 4.74 Å². The minimum Gasteiger partial charge on any atom is -0.493 e. The van der Waals surface area contributed by atoms with Crippen molar-refractivity contribution in [3.63, 3.8) is 0 Å². The summed E-state index contributed by atoms with van der Waals surface area (Å²) in [5, 5.41) is 0. The highest BCUT2D eigenvalue weighted by Gasteiger charge is 1.97. The zero-order valence-corrected chi connectivity index (χ0v) is 10.4. The molecule has 0 amide bonds. The van der Waals surface area contributed by atoms with Crippen molar-refractivity contribution in [3.05, 3.63) is 65.2 Å². The van der Waals surface area contributed by atoms with Crippen molar-refractivity contribution in [3.8, 4) is 5.75 Å². The molecular weight excluding hydrogens is 208 g/mol.